The van der Waals surface area contributed by atoms with Crippen LogP contribution in [0, 0.1) is 0 Å². The van der Waals surface area contributed by atoms with Crippen molar-refractivity contribution in [2.45, 2.75) is 0 Å². The van der Waals surface area contributed by atoms with Gasteiger partial charge in [-0.15, -0.1) is 0 Å². The fourth-order valence-corrected chi connectivity index (χ4v) is 0.968. The largest absolute Gasteiger partial charge is 0.106 e. The molecule has 0 saturated heterocycles. The molecule has 54 valence electrons. The lowest BCUT2D eigenvalue weighted by molar-refractivity contribution is 0.235. The van der Waals surface area contributed by atoms with E-state index in [0.717, 1.165) is 0 Å². The number of halogens is 3. The van der Waals surface area contributed by atoms with Gasteiger partial charge in [-0.2, -0.15) is 0 Å². The molecule has 0 unspecified atom stereocenters. The van der Waals surface area contributed by atoms with Gasteiger partial charge in [0, 0.05) is 4.47 Å². The third-order valence-corrected chi connectivity index (χ3v) is 1.50. The van der Waals surface area contributed by atoms with Gasteiger partial charge in [0.15, 0.2) is 0 Å². The second kappa shape index (κ2) is 2.96. The minimum absolute atomic E-state index is 0.116. The zero-order valence-electron chi connectivity index (χ0n) is 4.89. The van der Waals surface area contributed by atoms with Crippen LogP contribution in [0.15, 0.2) is 28.7 Å². The van der Waals surface area contributed by atoms with Crippen molar-refractivity contribution in [1.82, 2.24) is 0 Å². The molecule has 0 bridgehead atoms. The van der Waals surface area contributed by atoms with E-state index < -0.39 is 5.34 Å². The second-order valence-electron chi connectivity index (χ2n) is 1.71. The number of hydrogen-bond donors (Lipinski definition) is 0. The summed E-state index contributed by atoms with van der Waals surface area (Å²) in [5.41, 5.74) is -0.116. The lowest BCUT2D eigenvalue weighted by Crippen LogP contribution is -1.94. The number of hydrogen-bond acceptors (Lipinski definition) is 1. The molecule has 1 nitrogen and oxygen atoms in total. The summed E-state index contributed by atoms with van der Waals surface area (Å²) in [5.74, 6) is 0. The standard InChI is InChI=1S/C6H4BrF2N/c7-5-2-1-3-6(4-5)10(8)9/h1-4H. The lowest BCUT2D eigenvalue weighted by atomic mass is 10.3. The van der Waals surface area contributed by atoms with Crippen molar-refractivity contribution in [3.05, 3.63) is 28.7 Å². The molecule has 0 atom stereocenters. The van der Waals surface area contributed by atoms with E-state index in [0.29, 0.717) is 4.47 Å². The van der Waals surface area contributed by atoms with Gasteiger partial charge in [-0.05, 0) is 23.5 Å². The van der Waals surface area contributed by atoms with E-state index >= 15 is 0 Å². The van der Waals surface area contributed by atoms with Crippen molar-refractivity contribution >= 4 is 21.6 Å². The highest BCUT2D eigenvalue weighted by Gasteiger charge is 2.00. The average molecular weight is 208 g/mol. The predicted octanol–water partition coefficient (Wildman–Crippen LogP) is 3.02. The normalized spacial score (nSPS) is 9.50. The van der Waals surface area contributed by atoms with Gasteiger partial charge in [-0.1, -0.05) is 31.0 Å². The molecule has 0 amide bonds. The second-order valence-corrected chi connectivity index (χ2v) is 2.63. The summed E-state index contributed by atoms with van der Waals surface area (Å²) in [6.07, 6.45) is 0. The van der Waals surface area contributed by atoms with Crippen LogP contribution in [0.1, 0.15) is 0 Å². The van der Waals surface area contributed by atoms with Crippen molar-refractivity contribution < 1.29 is 8.96 Å². The van der Waals surface area contributed by atoms with Crippen LogP contribution in [-0.4, -0.2) is 0 Å². The zero-order valence-corrected chi connectivity index (χ0v) is 6.48. The van der Waals surface area contributed by atoms with Crippen LogP contribution in [0.3, 0.4) is 0 Å². The molecule has 0 fully saturated rings. The molecule has 4 heteroatoms. The molecule has 0 aliphatic heterocycles. The van der Waals surface area contributed by atoms with E-state index in [-0.39, 0.29) is 5.69 Å². The molecule has 0 heterocycles. The first-order valence-electron chi connectivity index (χ1n) is 2.57. The van der Waals surface area contributed by atoms with Gasteiger partial charge in [0.2, 0.25) is 0 Å². The molecule has 1 rings (SSSR count). The van der Waals surface area contributed by atoms with Gasteiger partial charge in [-0.3, -0.25) is 0 Å². The number of anilines is 1. The summed E-state index contributed by atoms with van der Waals surface area (Å²) in [5, 5.41) is -0.926. The fourth-order valence-electron chi connectivity index (χ4n) is 0.581. The Morgan fingerprint density at radius 2 is 2.00 bits per heavy atom. The summed E-state index contributed by atoms with van der Waals surface area (Å²) < 4.78 is 24.2. The first-order valence-corrected chi connectivity index (χ1v) is 3.37. The Bertz CT molecular complexity index is 227. The van der Waals surface area contributed by atoms with E-state index in [4.69, 9.17) is 0 Å². The van der Waals surface area contributed by atoms with Gasteiger partial charge in [0.05, 0.1) is 0 Å². The lowest BCUT2D eigenvalue weighted by Gasteiger charge is -2.00. The van der Waals surface area contributed by atoms with Crippen LogP contribution in [-0.2, 0) is 0 Å². The Morgan fingerprint density at radius 3 is 2.40 bits per heavy atom. The Morgan fingerprint density at radius 1 is 1.30 bits per heavy atom. The SMILES string of the molecule is FN(F)c1cccc(Br)c1. The maximum atomic E-state index is 11.8. The van der Waals surface area contributed by atoms with Gasteiger partial charge in [0.1, 0.15) is 5.69 Å². The molecule has 0 spiro atoms. The Labute approximate surface area is 65.3 Å². The van der Waals surface area contributed by atoms with Crippen LogP contribution < -0.4 is 5.34 Å². The molecule has 0 aliphatic rings. The molecule has 0 radical (unpaired) electrons. The predicted molar refractivity (Wildman–Crippen MR) is 38.8 cm³/mol. The quantitative estimate of drug-likeness (QED) is 0.641. The van der Waals surface area contributed by atoms with E-state index in [2.05, 4.69) is 15.9 Å². The third kappa shape index (κ3) is 1.67. The van der Waals surface area contributed by atoms with Crippen molar-refractivity contribution in [3.8, 4) is 0 Å². The van der Waals surface area contributed by atoms with E-state index in [1.54, 1.807) is 12.1 Å². The minimum atomic E-state index is -0.926. The van der Waals surface area contributed by atoms with Crippen molar-refractivity contribution in [3.63, 3.8) is 0 Å². The van der Waals surface area contributed by atoms with Crippen LogP contribution in [0.25, 0.3) is 0 Å². The zero-order chi connectivity index (χ0) is 7.56. The van der Waals surface area contributed by atoms with Gasteiger partial charge in [0.25, 0.3) is 0 Å². The van der Waals surface area contributed by atoms with Crippen molar-refractivity contribution in [2.24, 2.45) is 0 Å². The smallest absolute Gasteiger partial charge is 0.0666 e. The highest BCUT2D eigenvalue weighted by molar-refractivity contribution is 9.10. The summed E-state index contributed by atoms with van der Waals surface area (Å²) in [7, 11) is 0. The molecular formula is C6H4BrF2N. The molecule has 1 aromatic rings. The van der Waals surface area contributed by atoms with Gasteiger partial charge < -0.3 is 0 Å². The summed E-state index contributed by atoms with van der Waals surface area (Å²) in [6.45, 7) is 0. The molecule has 1 aromatic carbocycles. The molecular weight excluding hydrogens is 204 g/mol. The van der Waals surface area contributed by atoms with Crippen LogP contribution in [0.5, 0.6) is 0 Å². The Balaban J connectivity index is 2.96. The van der Waals surface area contributed by atoms with Gasteiger partial charge in [-0.25, -0.2) is 0 Å². The highest BCUT2D eigenvalue weighted by Crippen LogP contribution is 2.19. The first kappa shape index (κ1) is 7.47. The van der Waals surface area contributed by atoms with Crippen LogP contribution in [0.4, 0.5) is 14.6 Å². The third-order valence-electron chi connectivity index (χ3n) is 1.00. The summed E-state index contributed by atoms with van der Waals surface area (Å²) >= 11 is 3.07. The number of benzene rings is 1. The van der Waals surface area contributed by atoms with Crippen molar-refractivity contribution in [2.75, 3.05) is 5.34 Å². The summed E-state index contributed by atoms with van der Waals surface area (Å²) in [4.78, 5) is 0. The topological polar surface area (TPSA) is 3.24 Å². The van der Waals surface area contributed by atoms with E-state index in [1.165, 1.54) is 12.1 Å². The van der Waals surface area contributed by atoms with E-state index in [1.807, 2.05) is 0 Å². The number of nitrogens with zero attached hydrogens (tertiary/aromatic N) is 1. The maximum Gasteiger partial charge on any atom is 0.106 e. The Hall–Kier alpha value is -0.640. The monoisotopic (exact) mass is 207 g/mol. The molecule has 10 heavy (non-hydrogen) atoms. The molecule has 0 saturated carbocycles. The fraction of sp³-hybridized carbons (Fsp3) is 0. The van der Waals surface area contributed by atoms with E-state index in [9.17, 15) is 8.96 Å². The average Bonchev–Trinajstić information content (AvgIpc) is 1.88. The number of rotatable bonds is 1. The minimum Gasteiger partial charge on any atom is -0.0666 e. The van der Waals surface area contributed by atoms with Crippen LogP contribution >= 0.6 is 15.9 Å². The molecule has 0 aliphatic carbocycles. The van der Waals surface area contributed by atoms with Gasteiger partial charge >= 0.3 is 0 Å². The maximum absolute atomic E-state index is 11.8. The first-order chi connectivity index (χ1) is 4.70. The van der Waals surface area contributed by atoms with Crippen LogP contribution in [0.2, 0.25) is 0 Å². The molecule has 0 aromatic heterocycles. The van der Waals surface area contributed by atoms with Crippen molar-refractivity contribution in [1.29, 1.82) is 0 Å². The Kier molecular flexibility index (Phi) is 2.21. The molecule has 0 N–H and O–H groups in total. The summed E-state index contributed by atoms with van der Waals surface area (Å²) in [6, 6.07) is 5.89. The highest BCUT2D eigenvalue weighted by atomic mass is 79.9.